The Morgan fingerprint density at radius 1 is 1.56 bits per heavy atom. The Balaban J connectivity index is 1.95. The highest BCUT2D eigenvalue weighted by Crippen LogP contribution is 2.32. The highest BCUT2D eigenvalue weighted by atomic mass is 16.6. The Kier molecular flexibility index (Phi) is 2.70. The zero-order chi connectivity index (χ0) is 11.9. The molecule has 0 aromatic carbocycles. The fourth-order valence-electron chi connectivity index (χ4n) is 2.35. The van der Waals surface area contributed by atoms with Crippen molar-refractivity contribution in [3.8, 4) is 0 Å². The number of carbonyl (C=O) groups excluding carboxylic acids is 1. The SMILES string of the molecule is CC(C)(C)OC(=O)N1CC2=C[C@H](N)C[C@@H]2C1. The van der Waals surface area contributed by atoms with Crippen LogP contribution in [0, 0.1) is 5.92 Å². The van der Waals surface area contributed by atoms with Gasteiger partial charge in [-0.1, -0.05) is 6.08 Å². The minimum absolute atomic E-state index is 0.181. The van der Waals surface area contributed by atoms with E-state index < -0.39 is 5.60 Å². The number of carbonyl (C=O) groups is 1. The standard InChI is InChI=1S/C12H20N2O2/c1-12(2,3)16-11(15)14-6-8-4-10(13)5-9(8)7-14/h4,9-10H,5-7,13H2,1-3H3/t9-,10+/m1/s1. The van der Waals surface area contributed by atoms with E-state index in [4.69, 9.17) is 10.5 Å². The van der Waals surface area contributed by atoms with E-state index >= 15 is 0 Å². The number of hydrogen-bond acceptors (Lipinski definition) is 3. The predicted molar refractivity (Wildman–Crippen MR) is 62.0 cm³/mol. The van der Waals surface area contributed by atoms with Crippen LogP contribution in [0.25, 0.3) is 0 Å². The smallest absolute Gasteiger partial charge is 0.410 e. The van der Waals surface area contributed by atoms with Crippen LogP contribution in [0.5, 0.6) is 0 Å². The highest BCUT2D eigenvalue weighted by Gasteiger charge is 2.36. The summed E-state index contributed by atoms with van der Waals surface area (Å²) in [5, 5.41) is 0. The lowest BCUT2D eigenvalue weighted by molar-refractivity contribution is 0.0289. The van der Waals surface area contributed by atoms with Crippen molar-refractivity contribution in [2.24, 2.45) is 11.7 Å². The number of nitrogens with two attached hydrogens (primary N) is 1. The Bertz CT molecular complexity index is 330. The van der Waals surface area contributed by atoms with Crippen molar-refractivity contribution in [2.75, 3.05) is 13.1 Å². The second-order valence-corrected chi connectivity index (χ2v) is 5.70. The van der Waals surface area contributed by atoms with Gasteiger partial charge in [-0.15, -0.1) is 0 Å². The lowest BCUT2D eigenvalue weighted by Gasteiger charge is -2.24. The topological polar surface area (TPSA) is 55.6 Å². The minimum Gasteiger partial charge on any atom is -0.444 e. The summed E-state index contributed by atoms with van der Waals surface area (Å²) in [5.74, 6) is 0.461. The van der Waals surface area contributed by atoms with Gasteiger partial charge in [0.25, 0.3) is 0 Å². The van der Waals surface area contributed by atoms with Crippen molar-refractivity contribution in [3.05, 3.63) is 11.6 Å². The van der Waals surface area contributed by atoms with Crippen molar-refractivity contribution >= 4 is 6.09 Å². The number of fused-ring (bicyclic) bond motifs is 1. The second kappa shape index (κ2) is 3.77. The number of nitrogens with zero attached hydrogens (tertiary/aromatic N) is 1. The molecule has 0 radical (unpaired) electrons. The quantitative estimate of drug-likeness (QED) is 0.634. The summed E-state index contributed by atoms with van der Waals surface area (Å²) < 4.78 is 5.34. The van der Waals surface area contributed by atoms with Crippen molar-refractivity contribution < 1.29 is 9.53 Å². The molecule has 4 nitrogen and oxygen atoms in total. The van der Waals surface area contributed by atoms with Gasteiger partial charge in [-0.25, -0.2) is 4.79 Å². The maximum absolute atomic E-state index is 11.8. The van der Waals surface area contributed by atoms with E-state index in [0.29, 0.717) is 12.5 Å². The molecule has 0 aromatic rings. The molecule has 2 atom stereocenters. The summed E-state index contributed by atoms with van der Waals surface area (Å²) in [5.41, 5.74) is 6.72. The Morgan fingerprint density at radius 2 is 2.25 bits per heavy atom. The van der Waals surface area contributed by atoms with Gasteiger partial charge in [0.1, 0.15) is 5.60 Å². The van der Waals surface area contributed by atoms with Crippen LogP contribution in [-0.2, 0) is 4.74 Å². The van der Waals surface area contributed by atoms with Gasteiger partial charge in [0, 0.05) is 25.0 Å². The zero-order valence-corrected chi connectivity index (χ0v) is 10.2. The van der Waals surface area contributed by atoms with E-state index in [1.807, 2.05) is 20.8 Å². The molecule has 2 N–H and O–H groups in total. The molecule has 0 saturated carbocycles. The lowest BCUT2D eigenvalue weighted by atomic mass is 10.1. The van der Waals surface area contributed by atoms with E-state index in [1.165, 1.54) is 5.57 Å². The first-order valence-electron chi connectivity index (χ1n) is 5.79. The monoisotopic (exact) mass is 224 g/mol. The zero-order valence-electron chi connectivity index (χ0n) is 10.2. The first-order chi connectivity index (χ1) is 7.35. The molecule has 0 unspecified atom stereocenters. The summed E-state index contributed by atoms with van der Waals surface area (Å²) >= 11 is 0. The van der Waals surface area contributed by atoms with Gasteiger partial charge in [0.15, 0.2) is 0 Å². The van der Waals surface area contributed by atoms with Crippen LogP contribution in [-0.4, -0.2) is 35.7 Å². The van der Waals surface area contributed by atoms with Gasteiger partial charge in [-0.2, -0.15) is 0 Å². The summed E-state index contributed by atoms with van der Waals surface area (Å²) in [6.07, 6.45) is 2.85. The van der Waals surface area contributed by atoms with E-state index in [9.17, 15) is 4.79 Å². The molecule has 1 saturated heterocycles. The third kappa shape index (κ3) is 2.38. The summed E-state index contributed by atoms with van der Waals surface area (Å²) in [7, 11) is 0. The average Bonchev–Trinajstić information content (AvgIpc) is 2.56. The molecule has 1 amide bonds. The van der Waals surface area contributed by atoms with Crippen molar-refractivity contribution in [1.29, 1.82) is 0 Å². The van der Waals surface area contributed by atoms with Crippen molar-refractivity contribution in [3.63, 3.8) is 0 Å². The molecule has 16 heavy (non-hydrogen) atoms. The Labute approximate surface area is 96.4 Å². The Hall–Kier alpha value is -1.03. The molecule has 90 valence electrons. The molecule has 0 bridgehead atoms. The van der Waals surface area contributed by atoms with Crippen molar-refractivity contribution in [2.45, 2.75) is 38.8 Å². The second-order valence-electron chi connectivity index (χ2n) is 5.70. The van der Waals surface area contributed by atoms with Crippen LogP contribution in [0.4, 0.5) is 4.79 Å². The van der Waals surface area contributed by atoms with Gasteiger partial charge < -0.3 is 15.4 Å². The summed E-state index contributed by atoms with van der Waals surface area (Å²) in [6, 6.07) is 0.181. The molecule has 1 fully saturated rings. The van der Waals surface area contributed by atoms with E-state index in [0.717, 1.165) is 13.0 Å². The largest absolute Gasteiger partial charge is 0.444 e. The Morgan fingerprint density at radius 3 is 2.81 bits per heavy atom. The molecular weight excluding hydrogens is 204 g/mol. The van der Waals surface area contributed by atoms with Crippen LogP contribution >= 0.6 is 0 Å². The van der Waals surface area contributed by atoms with Crippen LogP contribution in [0.1, 0.15) is 27.2 Å². The molecule has 1 aliphatic carbocycles. The number of hydrogen-bond donors (Lipinski definition) is 1. The fourth-order valence-corrected chi connectivity index (χ4v) is 2.35. The third-order valence-corrected chi connectivity index (χ3v) is 2.98. The molecular formula is C12H20N2O2. The number of likely N-dealkylation sites (tertiary alicyclic amines) is 1. The van der Waals surface area contributed by atoms with Gasteiger partial charge in [0.05, 0.1) is 0 Å². The number of ether oxygens (including phenoxy) is 1. The van der Waals surface area contributed by atoms with E-state index in [1.54, 1.807) is 4.90 Å². The van der Waals surface area contributed by atoms with Crippen LogP contribution in [0.15, 0.2) is 11.6 Å². The van der Waals surface area contributed by atoms with E-state index in [2.05, 4.69) is 6.08 Å². The van der Waals surface area contributed by atoms with Crippen molar-refractivity contribution in [1.82, 2.24) is 4.90 Å². The third-order valence-electron chi connectivity index (χ3n) is 2.98. The van der Waals surface area contributed by atoms with Gasteiger partial charge in [0.2, 0.25) is 0 Å². The van der Waals surface area contributed by atoms with Gasteiger partial charge in [-0.05, 0) is 32.8 Å². The molecule has 0 aromatic heterocycles. The maximum Gasteiger partial charge on any atom is 0.410 e. The van der Waals surface area contributed by atoms with Crippen LogP contribution in [0.2, 0.25) is 0 Å². The average molecular weight is 224 g/mol. The van der Waals surface area contributed by atoms with Gasteiger partial charge in [-0.3, -0.25) is 0 Å². The first-order valence-corrected chi connectivity index (χ1v) is 5.79. The molecule has 1 aliphatic heterocycles. The van der Waals surface area contributed by atoms with Crippen LogP contribution in [0.3, 0.4) is 0 Å². The molecule has 0 spiro atoms. The molecule has 2 aliphatic rings. The first kappa shape index (κ1) is 11.5. The molecule has 1 heterocycles. The summed E-state index contributed by atoms with van der Waals surface area (Å²) in [6.45, 7) is 7.10. The van der Waals surface area contributed by atoms with E-state index in [-0.39, 0.29) is 12.1 Å². The maximum atomic E-state index is 11.8. The highest BCUT2D eigenvalue weighted by molar-refractivity contribution is 5.69. The summed E-state index contributed by atoms with van der Waals surface area (Å²) in [4.78, 5) is 13.6. The normalized spacial score (nSPS) is 29.0. The van der Waals surface area contributed by atoms with Gasteiger partial charge >= 0.3 is 6.09 Å². The predicted octanol–water partition coefficient (Wildman–Crippen LogP) is 1.51. The fraction of sp³-hybridized carbons (Fsp3) is 0.750. The molecule has 2 rings (SSSR count). The van der Waals surface area contributed by atoms with Crippen LogP contribution < -0.4 is 5.73 Å². The number of rotatable bonds is 0. The minimum atomic E-state index is -0.417. The molecule has 4 heteroatoms. The number of amides is 1. The lowest BCUT2D eigenvalue weighted by Crippen LogP contribution is -2.36.